The first-order valence-electron chi connectivity index (χ1n) is 7.34. The lowest BCUT2D eigenvalue weighted by Gasteiger charge is -2.10. The van der Waals surface area contributed by atoms with E-state index in [-0.39, 0.29) is 5.91 Å². The molecular formula is C17H21N3O2. The lowest BCUT2D eigenvalue weighted by atomic mass is 10.1. The first-order valence-corrected chi connectivity index (χ1v) is 7.34. The van der Waals surface area contributed by atoms with E-state index in [4.69, 9.17) is 4.74 Å². The summed E-state index contributed by atoms with van der Waals surface area (Å²) >= 11 is 0. The number of anilines is 2. The van der Waals surface area contributed by atoms with Crippen LogP contribution >= 0.6 is 0 Å². The van der Waals surface area contributed by atoms with Crippen molar-refractivity contribution in [3.63, 3.8) is 0 Å². The van der Waals surface area contributed by atoms with Gasteiger partial charge in [-0.15, -0.1) is 0 Å². The molecule has 2 aromatic rings. The van der Waals surface area contributed by atoms with Gasteiger partial charge in [-0.2, -0.15) is 0 Å². The van der Waals surface area contributed by atoms with Crippen LogP contribution in [0.5, 0.6) is 5.75 Å². The van der Waals surface area contributed by atoms with Crippen LogP contribution in [0, 0.1) is 0 Å². The monoisotopic (exact) mass is 299 g/mol. The van der Waals surface area contributed by atoms with Gasteiger partial charge in [-0.3, -0.25) is 4.79 Å². The van der Waals surface area contributed by atoms with Crippen molar-refractivity contribution in [2.45, 2.75) is 19.8 Å². The minimum atomic E-state index is -0.0151. The Morgan fingerprint density at radius 1 is 1.23 bits per heavy atom. The van der Waals surface area contributed by atoms with E-state index in [0.717, 1.165) is 30.1 Å². The highest BCUT2D eigenvalue weighted by molar-refractivity contribution is 5.90. The van der Waals surface area contributed by atoms with Gasteiger partial charge < -0.3 is 15.4 Å². The summed E-state index contributed by atoms with van der Waals surface area (Å²) in [6.07, 6.45) is 2.96. The molecule has 0 spiro atoms. The molecule has 116 valence electrons. The zero-order valence-electron chi connectivity index (χ0n) is 12.9. The van der Waals surface area contributed by atoms with Gasteiger partial charge in [-0.25, -0.2) is 4.98 Å². The fourth-order valence-corrected chi connectivity index (χ4v) is 2.06. The maximum atomic E-state index is 11.3. The number of methoxy groups -OCH3 is 1. The van der Waals surface area contributed by atoms with Crippen LogP contribution < -0.4 is 15.4 Å². The lowest BCUT2D eigenvalue weighted by molar-refractivity contribution is -0.115. The molecule has 0 bridgehead atoms. The second-order valence-corrected chi connectivity index (χ2v) is 4.82. The van der Waals surface area contributed by atoms with Crippen LogP contribution in [-0.2, 0) is 11.2 Å². The fourth-order valence-electron chi connectivity index (χ4n) is 2.06. The smallest absolute Gasteiger partial charge is 0.224 e. The van der Waals surface area contributed by atoms with Crippen molar-refractivity contribution in [3.05, 3.63) is 48.2 Å². The Kier molecular flexibility index (Phi) is 5.77. The van der Waals surface area contributed by atoms with E-state index in [9.17, 15) is 4.79 Å². The molecule has 0 atom stereocenters. The third-order valence-electron chi connectivity index (χ3n) is 3.26. The van der Waals surface area contributed by atoms with E-state index < -0.39 is 0 Å². The zero-order chi connectivity index (χ0) is 15.8. The molecular weight excluding hydrogens is 278 g/mol. The second-order valence-electron chi connectivity index (χ2n) is 4.82. The number of amides is 1. The van der Waals surface area contributed by atoms with E-state index in [1.165, 1.54) is 0 Å². The highest BCUT2D eigenvalue weighted by atomic mass is 16.5. The summed E-state index contributed by atoms with van der Waals surface area (Å²) < 4.78 is 5.33. The van der Waals surface area contributed by atoms with Crippen LogP contribution in [0.15, 0.2) is 42.6 Å². The van der Waals surface area contributed by atoms with Gasteiger partial charge in [0.2, 0.25) is 5.91 Å². The Labute approximate surface area is 130 Å². The van der Waals surface area contributed by atoms with Crippen molar-refractivity contribution in [1.29, 1.82) is 0 Å². The molecule has 22 heavy (non-hydrogen) atoms. The van der Waals surface area contributed by atoms with E-state index in [2.05, 4.69) is 21.7 Å². The number of hydrogen-bond donors (Lipinski definition) is 2. The largest absolute Gasteiger partial charge is 0.496 e. The van der Waals surface area contributed by atoms with Gasteiger partial charge in [-0.1, -0.05) is 25.1 Å². The minimum absolute atomic E-state index is 0.0151. The minimum Gasteiger partial charge on any atom is -0.496 e. The van der Waals surface area contributed by atoms with Gasteiger partial charge >= 0.3 is 0 Å². The molecule has 1 aromatic heterocycles. The summed E-state index contributed by atoms with van der Waals surface area (Å²) in [6.45, 7) is 2.57. The number of nitrogens with zero attached hydrogens (tertiary/aromatic N) is 1. The van der Waals surface area contributed by atoms with Crippen LogP contribution in [-0.4, -0.2) is 24.5 Å². The van der Waals surface area contributed by atoms with Crippen molar-refractivity contribution in [2.24, 2.45) is 0 Å². The van der Waals surface area contributed by atoms with E-state index >= 15 is 0 Å². The molecule has 2 rings (SSSR count). The number of para-hydroxylation sites is 1. The van der Waals surface area contributed by atoms with Crippen molar-refractivity contribution in [1.82, 2.24) is 4.98 Å². The topological polar surface area (TPSA) is 63.2 Å². The van der Waals surface area contributed by atoms with Crippen LogP contribution in [0.2, 0.25) is 0 Å². The van der Waals surface area contributed by atoms with E-state index in [1.54, 1.807) is 13.3 Å². The molecule has 1 aromatic carbocycles. The number of aromatic nitrogens is 1. The Morgan fingerprint density at radius 3 is 2.73 bits per heavy atom. The van der Waals surface area contributed by atoms with Crippen LogP contribution in [0.4, 0.5) is 11.5 Å². The molecule has 1 heterocycles. The zero-order valence-corrected chi connectivity index (χ0v) is 12.9. The van der Waals surface area contributed by atoms with Gasteiger partial charge in [0.1, 0.15) is 11.6 Å². The number of hydrogen-bond acceptors (Lipinski definition) is 4. The third-order valence-corrected chi connectivity index (χ3v) is 3.26. The number of carbonyl (C=O) groups excluding carboxylic acids is 1. The van der Waals surface area contributed by atoms with Gasteiger partial charge in [-0.05, 0) is 30.2 Å². The summed E-state index contributed by atoms with van der Waals surface area (Å²) in [5.41, 5.74) is 1.87. The quantitative estimate of drug-likeness (QED) is 0.824. The molecule has 1 amide bonds. The molecule has 0 radical (unpaired) electrons. The summed E-state index contributed by atoms with van der Waals surface area (Å²) in [6, 6.07) is 11.7. The predicted octanol–water partition coefficient (Wildman–Crippen LogP) is 3.09. The van der Waals surface area contributed by atoms with Crippen molar-refractivity contribution < 1.29 is 9.53 Å². The molecule has 0 fully saturated rings. The van der Waals surface area contributed by atoms with Gasteiger partial charge in [0, 0.05) is 13.0 Å². The van der Waals surface area contributed by atoms with E-state index in [0.29, 0.717) is 12.1 Å². The highest BCUT2D eigenvalue weighted by Gasteiger charge is 2.02. The molecule has 0 aliphatic heterocycles. The molecule has 5 nitrogen and oxygen atoms in total. The Bertz CT molecular complexity index is 612. The number of ether oxygens (including phenoxy) is 1. The first-order chi connectivity index (χ1) is 10.7. The Morgan fingerprint density at radius 2 is 2.05 bits per heavy atom. The number of benzene rings is 1. The molecule has 0 aliphatic rings. The predicted molar refractivity (Wildman–Crippen MR) is 88.3 cm³/mol. The standard InChI is InChI=1S/C17H21N3O2/c1-3-17(21)20-14-8-9-16(19-12-14)18-11-10-13-6-4-5-7-15(13)22-2/h4-9,12H,3,10-11H2,1-2H3,(H,18,19)(H,20,21). The fraction of sp³-hybridized carbons (Fsp3) is 0.294. The maximum absolute atomic E-state index is 11.3. The third kappa shape index (κ3) is 4.48. The number of carbonyl (C=O) groups is 1. The first kappa shape index (κ1) is 15.8. The van der Waals surface area contributed by atoms with Gasteiger partial charge in [0.05, 0.1) is 19.0 Å². The van der Waals surface area contributed by atoms with Gasteiger partial charge in [0.25, 0.3) is 0 Å². The summed E-state index contributed by atoms with van der Waals surface area (Å²) in [5.74, 6) is 1.66. The van der Waals surface area contributed by atoms with E-state index in [1.807, 2.05) is 37.3 Å². The number of rotatable bonds is 7. The SMILES string of the molecule is CCC(=O)Nc1ccc(NCCc2ccccc2OC)nc1. The summed E-state index contributed by atoms with van der Waals surface area (Å²) in [4.78, 5) is 15.6. The summed E-state index contributed by atoms with van der Waals surface area (Å²) in [7, 11) is 1.68. The molecule has 0 saturated carbocycles. The molecule has 0 saturated heterocycles. The highest BCUT2D eigenvalue weighted by Crippen LogP contribution is 2.18. The summed E-state index contributed by atoms with van der Waals surface area (Å²) in [5, 5.41) is 6.03. The number of pyridine rings is 1. The lowest BCUT2D eigenvalue weighted by Crippen LogP contribution is -2.10. The normalized spacial score (nSPS) is 10.1. The average molecular weight is 299 g/mol. The average Bonchev–Trinajstić information content (AvgIpc) is 2.56. The van der Waals surface area contributed by atoms with Crippen LogP contribution in [0.3, 0.4) is 0 Å². The Hall–Kier alpha value is -2.56. The molecule has 0 unspecified atom stereocenters. The molecule has 0 aliphatic carbocycles. The van der Waals surface area contributed by atoms with Crippen molar-refractivity contribution >= 4 is 17.4 Å². The Balaban J connectivity index is 1.85. The van der Waals surface area contributed by atoms with Crippen molar-refractivity contribution in [3.8, 4) is 5.75 Å². The van der Waals surface area contributed by atoms with Crippen LogP contribution in [0.1, 0.15) is 18.9 Å². The van der Waals surface area contributed by atoms with Crippen molar-refractivity contribution in [2.75, 3.05) is 24.3 Å². The second kappa shape index (κ2) is 8.02. The van der Waals surface area contributed by atoms with Crippen LogP contribution in [0.25, 0.3) is 0 Å². The number of nitrogens with one attached hydrogen (secondary N) is 2. The molecule has 2 N–H and O–H groups in total. The van der Waals surface area contributed by atoms with Gasteiger partial charge in [0.15, 0.2) is 0 Å². The maximum Gasteiger partial charge on any atom is 0.224 e. The molecule has 5 heteroatoms.